The second-order valence-corrected chi connectivity index (χ2v) is 4.99. The SMILES string of the molecule is CNCc1nnc(Nc2ccc(Br)c(Cl)c2Cl)o1. The van der Waals surface area contributed by atoms with E-state index < -0.39 is 0 Å². The standard InChI is InChI=1S/C10H9BrCl2N4O/c1-14-4-7-16-17-10(18-7)15-6-3-2-5(11)8(12)9(6)13/h2-3,14H,4H2,1H3,(H,15,17). The Morgan fingerprint density at radius 3 is 2.78 bits per heavy atom. The Kier molecular flexibility index (Phi) is 4.45. The summed E-state index contributed by atoms with van der Waals surface area (Å²) >= 11 is 15.4. The van der Waals surface area contributed by atoms with E-state index >= 15 is 0 Å². The lowest BCUT2D eigenvalue weighted by molar-refractivity contribution is 0.493. The van der Waals surface area contributed by atoms with Crippen molar-refractivity contribution in [3.63, 3.8) is 0 Å². The molecule has 0 saturated carbocycles. The number of anilines is 2. The van der Waals surface area contributed by atoms with Crippen molar-refractivity contribution in [1.29, 1.82) is 0 Å². The van der Waals surface area contributed by atoms with Gasteiger partial charge in [-0.1, -0.05) is 28.3 Å². The third-order valence-electron chi connectivity index (χ3n) is 2.07. The summed E-state index contributed by atoms with van der Waals surface area (Å²) in [6.45, 7) is 0.503. The van der Waals surface area contributed by atoms with E-state index in [9.17, 15) is 0 Å². The lowest BCUT2D eigenvalue weighted by Crippen LogP contribution is -2.04. The third kappa shape index (κ3) is 2.95. The second kappa shape index (κ2) is 5.88. The van der Waals surface area contributed by atoms with Crippen molar-refractivity contribution in [2.24, 2.45) is 0 Å². The highest BCUT2D eigenvalue weighted by Crippen LogP contribution is 2.36. The van der Waals surface area contributed by atoms with Crippen molar-refractivity contribution in [2.75, 3.05) is 12.4 Å². The first-order valence-electron chi connectivity index (χ1n) is 4.99. The minimum absolute atomic E-state index is 0.264. The summed E-state index contributed by atoms with van der Waals surface area (Å²) in [5.74, 6) is 0.485. The van der Waals surface area contributed by atoms with Crippen LogP contribution >= 0.6 is 39.1 Å². The van der Waals surface area contributed by atoms with Crippen LogP contribution in [0, 0.1) is 0 Å². The van der Waals surface area contributed by atoms with E-state index in [-0.39, 0.29) is 6.01 Å². The lowest BCUT2D eigenvalue weighted by atomic mass is 10.3. The van der Waals surface area contributed by atoms with Gasteiger partial charge in [-0.05, 0) is 35.1 Å². The van der Waals surface area contributed by atoms with Crippen LogP contribution in [-0.2, 0) is 6.54 Å². The van der Waals surface area contributed by atoms with E-state index in [0.29, 0.717) is 28.2 Å². The lowest BCUT2D eigenvalue weighted by Gasteiger charge is -2.06. The van der Waals surface area contributed by atoms with Crippen LogP contribution in [0.1, 0.15) is 5.89 Å². The first-order chi connectivity index (χ1) is 8.61. The molecule has 1 heterocycles. The number of nitrogens with zero attached hydrogens (tertiary/aromatic N) is 2. The molecule has 0 atom stereocenters. The van der Waals surface area contributed by atoms with Crippen molar-refractivity contribution in [2.45, 2.75) is 6.54 Å². The fourth-order valence-electron chi connectivity index (χ4n) is 1.26. The summed E-state index contributed by atoms with van der Waals surface area (Å²) in [7, 11) is 1.79. The molecule has 1 aromatic carbocycles. The zero-order chi connectivity index (χ0) is 13.1. The van der Waals surface area contributed by atoms with Gasteiger partial charge in [0.1, 0.15) is 0 Å². The zero-order valence-electron chi connectivity index (χ0n) is 9.30. The van der Waals surface area contributed by atoms with Crippen molar-refractivity contribution in [1.82, 2.24) is 15.5 Å². The van der Waals surface area contributed by atoms with Crippen LogP contribution in [0.4, 0.5) is 11.7 Å². The van der Waals surface area contributed by atoms with Gasteiger partial charge in [0.25, 0.3) is 0 Å². The summed E-state index contributed by atoms with van der Waals surface area (Å²) in [6, 6.07) is 3.81. The number of aromatic nitrogens is 2. The highest BCUT2D eigenvalue weighted by atomic mass is 79.9. The number of hydrogen-bond donors (Lipinski definition) is 2. The molecule has 0 spiro atoms. The summed E-state index contributed by atoms with van der Waals surface area (Å²) in [5.41, 5.74) is 0.601. The quantitative estimate of drug-likeness (QED) is 0.824. The Balaban J connectivity index is 2.20. The van der Waals surface area contributed by atoms with Gasteiger partial charge in [0.15, 0.2) is 0 Å². The molecule has 0 radical (unpaired) electrons. The van der Waals surface area contributed by atoms with Crippen LogP contribution < -0.4 is 10.6 Å². The van der Waals surface area contributed by atoms with Gasteiger partial charge in [-0.25, -0.2) is 0 Å². The molecule has 96 valence electrons. The van der Waals surface area contributed by atoms with E-state index in [1.165, 1.54) is 0 Å². The van der Waals surface area contributed by atoms with Gasteiger partial charge in [-0.2, -0.15) is 0 Å². The van der Waals surface area contributed by atoms with Gasteiger partial charge < -0.3 is 15.1 Å². The molecular weight excluding hydrogens is 343 g/mol. The second-order valence-electron chi connectivity index (χ2n) is 3.38. The number of hydrogen-bond acceptors (Lipinski definition) is 5. The maximum Gasteiger partial charge on any atom is 0.320 e. The average Bonchev–Trinajstić information content (AvgIpc) is 2.78. The van der Waals surface area contributed by atoms with Crippen molar-refractivity contribution < 1.29 is 4.42 Å². The molecule has 0 amide bonds. The molecule has 0 aliphatic carbocycles. The Hall–Kier alpha value is -0.820. The predicted octanol–water partition coefficient (Wildman–Crippen LogP) is 3.60. The largest absolute Gasteiger partial charge is 0.406 e. The van der Waals surface area contributed by atoms with Crippen LogP contribution in [0.25, 0.3) is 0 Å². The monoisotopic (exact) mass is 350 g/mol. The molecular formula is C10H9BrCl2N4O. The molecule has 0 saturated heterocycles. The highest BCUT2D eigenvalue weighted by molar-refractivity contribution is 9.10. The molecule has 0 unspecified atom stereocenters. The average molecular weight is 352 g/mol. The highest BCUT2D eigenvalue weighted by Gasteiger charge is 2.11. The Morgan fingerprint density at radius 1 is 1.28 bits per heavy atom. The van der Waals surface area contributed by atoms with Gasteiger partial charge in [0, 0.05) is 4.47 Å². The van der Waals surface area contributed by atoms with Crippen molar-refractivity contribution in [3.8, 4) is 0 Å². The van der Waals surface area contributed by atoms with Crippen LogP contribution in [0.15, 0.2) is 21.0 Å². The van der Waals surface area contributed by atoms with E-state index in [4.69, 9.17) is 27.6 Å². The minimum Gasteiger partial charge on any atom is -0.406 e. The van der Waals surface area contributed by atoms with Crippen molar-refractivity contribution >= 4 is 50.8 Å². The summed E-state index contributed by atoms with van der Waals surface area (Å²) in [6.07, 6.45) is 0. The zero-order valence-corrected chi connectivity index (χ0v) is 12.4. The molecule has 0 bridgehead atoms. The first kappa shape index (κ1) is 13.6. The maximum atomic E-state index is 6.09. The Morgan fingerprint density at radius 2 is 2.06 bits per heavy atom. The number of benzene rings is 1. The van der Waals surface area contributed by atoms with Gasteiger partial charge in [-0.15, -0.1) is 5.10 Å². The normalized spacial score (nSPS) is 10.7. The molecule has 18 heavy (non-hydrogen) atoms. The molecule has 2 aromatic rings. The first-order valence-corrected chi connectivity index (χ1v) is 6.54. The Labute approximate surface area is 122 Å². The molecule has 0 aliphatic rings. The van der Waals surface area contributed by atoms with Crippen LogP contribution in [0.5, 0.6) is 0 Å². The summed E-state index contributed by atoms with van der Waals surface area (Å²) in [4.78, 5) is 0. The Bertz CT molecular complexity index is 561. The smallest absolute Gasteiger partial charge is 0.320 e. The van der Waals surface area contributed by atoms with Crippen LogP contribution in [0.3, 0.4) is 0 Å². The van der Waals surface area contributed by atoms with Crippen LogP contribution in [0.2, 0.25) is 10.0 Å². The fraction of sp³-hybridized carbons (Fsp3) is 0.200. The number of halogens is 3. The molecule has 1 aromatic heterocycles. The fourth-order valence-corrected chi connectivity index (χ4v) is 2.09. The van der Waals surface area contributed by atoms with Gasteiger partial charge in [0.2, 0.25) is 5.89 Å². The number of nitrogens with one attached hydrogen (secondary N) is 2. The van der Waals surface area contributed by atoms with E-state index in [1.807, 2.05) is 0 Å². The molecule has 8 heteroatoms. The molecule has 0 fully saturated rings. The summed E-state index contributed by atoms with van der Waals surface area (Å²) in [5, 5.41) is 14.3. The van der Waals surface area contributed by atoms with E-state index in [0.717, 1.165) is 4.47 Å². The maximum absolute atomic E-state index is 6.09. The van der Waals surface area contributed by atoms with Gasteiger partial charge in [-0.3, -0.25) is 0 Å². The predicted molar refractivity (Wildman–Crippen MR) is 74.5 cm³/mol. The molecule has 0 aliphatic heterocycles. The number of rotatable bonds is 4. The molecule has 2 N–H and O–H groups in total. The van der Waals surface area contributed by atoms with Crippen molar-refractivity contribution in [3.05, 3.63) is 32.5 Å². The molecule has 2 rings (SSSR count). The van der Waals surface area contributed by atoms with Gasteiger partial charge in [0.05, 0.1) is 22.3 Å². The topological polar surface area (TPSA) is 63.0 Å². The minimum atomic E-state index is 0.264. The van der Waals surface area contributed by atoms with E-state index in [1.54, 1.807) is 19.2 Å². The van der Waals surface area contributed by atoms with Gasteiger partial charge >= 0.3 is 6.01 Å². The molecule has 5 nitrogen and oxygen atoms in total. The van der Waals surface area contributed by atoms with Crippen LogP contribution in [-0.4, -0.2) is 17.2 Å². The summed E-state index contributed by atoms with van der Waals surface area (Å²) < 4.78 is 6.07. The third-order valence-corrected chi connectivity index (χ3v) is 3.84. The van der Waals surface area contributed by atoms with E-state index in [2.05, 4.69) is 36.8 Å².